The molecule has 3 aromatic rings. The summed E-state index contributed by atoms with van der Waals surface area (Å²) in [6.45, 7) is 0.746. The molecule has 21 heavy (non-hydrogen) atoms. The monoisotopic (exact) mass is 280 g/mol. The second-order valence-corrected chi connectivity index (χ2v) is 5.27. The first kappa shape index (κ1) is 12.3. The van der Waals surface area contributed by atoms with Gasteiger partial charge in [-0.05, 0) is 6.07 Å². The van der Waals surface area contributed by atoms with Crippen molar-refractivity contribution in [3.8, 4) is 0 Å². The summed E-state index contributed by atoms with van der Waals surface area (Å²) >= 11 is 0. The van der Waals surface area contributed by atoms with Gasteiger partial charge < -0.3 is 15.0 Å². The summed E-state index contributed by atoms with van der Waals surface area (Å²) in [6.07, 6.45) is 6.42. The van der Waals surface area contributed by atoms with Gasteiger partial charge in [-0.2, -0.15) is 0 Å². The van der Waals surface area contributed by atoms with E-state index in [9.17, 15) is 5.11 Å². The summed E-state index contributed by atoms with van der Waals surface area (Å²) in [5.74, 6) is 0.876. The number of hydrogen-bond acceptors (Lipinski definition) is 4. The van der Waals surface area contributed by atoms with Crippen LogP contribution in [0.3, 0.4) is 0 Å². The predicted octanol–water partition coefficient (Wildman–Crippen LogP) is 2.13. The van der Waals surface area contributed by atoms with E-state index in [1.54, 1.807) is 12.4 Å². The number of aromatic nitrogens is 3. The Kier molecular flexibility index (Phi) is 2.86. The molecule has 0 bridgehead atoms. The summed E-state index contributed by atoms with van der Waals surface area (Å²) in [5, 5.41) is 13.9. The Balaban J connectivity index is 1.78. The average Bonchev–Trinajstić information content (AvgIpc) is 3.09. The Morgan fingerprint density at radius 1 is 1.24 bits per heavy atom. The highest BCUT2D eigenvalue weighted by Gasteiger charge is 2.26. The number of aliphatic hydroxyl groups excluding tert-OH is 1. The topological polar surface area (TPSA) is 63.0 Å². The fraction of sp³-hybridized carbons (Fsp3) is 0.250. The lowest BCUT2D eigenvalue weighted by molar-refractivity contribution is 0.278. The van der Waals surface area contributed by atoms with Gasteiger partial charge in [0.05, 0.1) is 18.3 Å². The summed E-state index contributed by atoms with van der Waals surface area (Å²) in [7, 11) is 0. The maximum absolute atomic E-state index is 9.24. The molecule has 0 fully saturated rings. The molecule has 1 atom stereocenters. The molecular weight excluding hydrogens is 264 g/mol. The van der Waals surface area contributed by atoms with Gasteiger partial charge in [-0.1, -0.05) is 18.2 Å². The van der Waals surface area contributed by atoms with Crippen LogP contribution in [0.2, 0.25) is 0 Å². The summed E-state index contributed by atoms with van der Waals surface area (Å²) in [6, 6.07) is 8.48. The lowest BCUT2D eigenvalue weighted by Gasteiger charge is -2.09. The van der Waals surface area contributed by atoms with Crippen LogP contribution in [0.25, 0.3) is 10.9 Å². The minimum atomic E-state index is 0.138. The number of benzene rings is 1. The van der Waals surface area contributed by atoms with Gasteiger partial charge in [-0.15, -0.1) is 0 Å². The predicted molar refractivity (Wildman–Crippen MR) is 81.1 cm³/mol. The molecule has 106 valence electrons. The van der Waals surface area contributed by atoms with Gasteiger partial charge in [0.2, 0.25) is 0 Å². The largest absolute Gasteiger partial charge is 0.395 e. The van der Waals surface area contributed by atoms with Gasteiger partial charge in [0.25, 0.3) is 0 Å². The smallest absolute Gasteiger partial charge is 0.148 e. The fourth-order valence-corrected chi connectivity index (χ4v) is 3.08. The van der Waals surface area contributed by atoms with Crippen LogP contribution >= 0.6 is 0 Å². The van der Waals surface area contributed by atoms with E-state index >= 15 is 0 Å². The van der Waals surface area contributed by atoms with Crippen molar-refractivity contribution in [1.82, 2.24) is 14.5 Å². The van der Waals surface area contributed by atoms with Crippen LogP contribution in [0.1, 0.15) is 17.3 Å². The Bertz CT molecular complexity index is 771. The zero-order valence-corrected chi connectivity index (χ0v) is 11.5. The van der Waals surface area contributed by atoms with Crippen LogP contribution in [0.15, 0.2) is 42.9 Å². The van der Waals surface area contributed by atoms with Gasteiger partial charge in [-0.25, -0.2) is 4.98 Å². The molecule has 0 saturated carbocycles. The molecule has 4 rings (SSSR count). The van der Waals surface area contributed by atoms with Gasteiger partial charge in [0, 0.05) is 48.0 Å². The standard InChI is InChI=1S/C16H16N4O/c21-8-7-20-10-12(11-3-1-2-4-15(11)20)13-9-14-16(19-13)18-6-5-17-14/h1-6,10,13,21H,7-9H2,(H,18,19). The molecule has 0 spiro atoms. The third-order valence-electron chi connectivity index (χ3n) is 4.02. The summed E-state index contributed by atoms with van der Waals surface area (Å²) in [5.41, 5.74) is 3.40. The summed E-state index contributed by atoms with van der Waals surface area (Å²) < 4.78 is 2.11. The Morgan fingerprint density at radius 2 is 2.10 bits per heavy atom. The molecule has 0 saturated heterocycles. The molecule has 2 N–H and O–H groups in total. The second-order valence-electron chi connectivity index (χ2n) is 5.27. The number of hydrogen-bond donors (Lipinski definition) is 2. The minimum absolute atomic E-state index is 0.138. The number of aliphatic hydroxyl groups is 1. The molecule has 5 nitrogen and oxygen atoms in total. The van der Waals surface area contributed by atoms with Gasteiger partial charge in [-0.3, -0.25) is 4.98 Å². The van der Waals surface area contributed by atoms with E-state index in [0.717, 1.165) is 23.4 Å². The van der Waals surface area contributed by atoms with E-state index in [0.29, 0.717) is 6.54 Å². The number of anilines is 1. The Labute approximate surface area is 122 Å². The molecular formula is C16H16N4O. The van der Waals surface area contributed by atoms with Gasteiger partial charge in [0.1, 0.15) is 5.82 Å². The highest BCUT2D eigenvalue weighted by Crippen LogP contribution is 2.35. The van der Waals surface area contributed by atoms with Crippen molar-refractivity contribution in [2.24, 2.45) is 0 Å². The van der Waals surface area contributed by atoms with Crippen LogP contribution in [-0.2, 0) is 13.0 Å². The third kappa shape index (κ3) is 1.97. The number of rotatable bonds is 3. The van der Waals surface area contributed by atoms with Crippen molar-refractivity contribution >= 4 is 16.7 Å². The molecule has 2 aromatic heterocycles. The van der Waals surface area contributed by atoms with Crippen LogP contribution in [0, 0.1) is 0 Å². The fourth-order valence-electron chi connectivity index (χ4n) is 3.08. The van der Waals surface area contributed by atoms with Crippen LogP contribution in [0.4, 0.5) is 5.82 Å². The molecule has 1 aromatic carbocycles. The molecule has 0 aliphatic carbocycles. The zero-order chi connectivity index (χ0) is 14.2. The van der Waals surface area contributed by atoms with E-state index in [4.69, 9.17) is 0 Å². The number of nitrogens with zero attached hydrogens (tertiary/aromatic N) is 3. The molecule has 0 radical (unpaired) electrons. The van der Waals surface area contributed by atoms with Crippen molar-refractivity contribution in [2.45, 2.75) is 19.0 Å². The maximum Gasteiger partial charge on any atom is 0.148 e. The SMILES string of the molecule is OCCn1cc(C2Cc3nccnc3N2)c2ccccc21. The average molecular weight is 280 g/mol. The van der Waals surface area contributed by atoms with Crippen molar-refractivity contribution in [3.05, 3.63) is 54.1 Å². The molecule has 1 aliphatic rings. The maximum atomic E-state index is 9.24. The number of para-hydroxylation sites is 1. The Hall–Kier alpha value is -2.40. The lowest BCUT2D eigenvalue weighted by Crippen LogP contribution is -2.06. The van der Waals surface area contributed by atoms with Crippen LogP contribution in [0.5, 0.6) is 0 Å². The van der Waals surface area contributed by atoms with Gasteiger partial charge >= 0.3 is 0 Å². The number of nitrogens with one attached hydrogen (secondary N) is 1. The normalized spacial score (nSPS) is 16.9. The Morgan fingerprint density at radius 3 is 2.95 bits per heavy atom. The molecule has 1 unspecified atom stereocenters. The minimum Gasteiger partial charge on any atom is -0.395 e. The lowest BCUT2D eigenvalue weighted by atomic mass is 10.0. The summed E-state index contributed by atoms with van der Waals surface area (Å²) in [4.78, 5) is 8.72. The van der Waals surface area contributed by atoms with E-state index in [1.807, 2.05) is 12.1 Å². The molecule has 5 heteroatoms. The van der Waals surface area contributed by atoms with Crippen LogP contribution < -0.4 is 5.32 Å². The van der Waals surface area contributed by atoms with Crippen molar-refractivity contribution in [1.29, 1.82) is 0 Å². The first-order valence-corrected chi connectivity index (χ1v) is 7.12. The second kappa shape index (κ2) is 4.86. The number of fused-ring (bicyclic) bond motifs is 2. The molecule has 0 amide bonds. The van der Waals surface area contributed by atoms with Crippen molar-refractivity contribution in [3.63, 3.8) is 0 Å². The quantitative estimate of drug-likeness (QED) is 0.771. The van der Waals surface area contributed by atoms with E-state index in [-0.39, 0.29) is 12.6 Å². The zero-order valence-electron chi connectivity index (χ0n) is 11.5. The van der Waals surface area contributed by atoms with E-state index in [2.05, 4.69) is 38.2 Å². The molecule has 1 aliphatic heterocycles. The third-order valence-corrected chi connectivity index (χ3v) is 4.02. The molecule has 3 heterocycles. The highest BCUT2D eigenvalue weighted by molar-refractivity contribution is 5.85. The van der Waals surface area contributed by atoms with Crippen molar-refractivity contribution < 1.29 is 5.11 Å². The highest BCUT2D eigenvalue weighted by atomic mass is 16.3. The van der Waals surface area contributed by atoms with Crippen molar-refractivity contribution in [2.75, 3.05) is 11.9 Å². The van der Waals surface area contributed by atoms with Gasteiger partial charge in [0.15, 0.2) is 0 Å². The van der Waals surface area contributed by atoms with E-state index in [1.165, 1.54) is 10.9 Å². The van der Waals surface area contributed by atoms with Crippen LogP contribution in [-0.4, -0.2) is 26.2 Å². The first-order chi connectivity index (χ1) is 10.4. The first-order valence-electron chi connectivity index (χ1n) is 7.12. The van der Waals surface area contributed by atoms with E-state index < -0.39 is 0 Å².